The summed E-state index contributed by atoms with van der Waals surface area (Å²) in [4.78, 5) is 1.42. The van der Waals surface area contributed by atoms with E-state index in [2.05, 4.69) is 22.8 Å². The van der Waals surface area contributed by atoms with Crippen molar-refractivity contribution in [2.75, 3.05) is 18.6 Å². The Morgan fingerprint density at radius 3 is 2.84 bits per heavy atom. The topological polar surface area (TPSA) is 32.3 Å². The maximum Gasteiger partial charge on any atom is 0.0833 e. The molecule has 0 amide bonds. The number of hydrogen-bond donors (Lipinski definition) is 2. The minimum Gasteiger partial charge on any atom is -0.388 e. The number of aliphatic hydroxyl groups is 1. The Morgan fingerprint density at radius 1 is 1.53 bits per heavy atom. The first kappa shape index (κ1) is 15.4. The second-order valence-electron chi connectivity index (χ2n) is 5.85. The summed E-state index contributed by atoms with van der Waals surface area (Å²) in [6, 6.07) is 4.78. The molecule has 2 N–H and O–H groups in total. The molecule has 2 nitrogen and oxygen atoms in total. The second kappa shape index (κ2) is 7.11. The summed E-state index contributed by atoms with van der Waals surface area (Å²) in [5.74, 6) is 1.52. The van der Waals surface area contributed by atoms with Gasteiger partial charge in [-0.15, -0.1) is 11.3 Å². The van der Waals surface area contributed by atoms with Gasteiger partial charge >= 0.3 is 0 Å². The molecule has 19 heavy (non-hydrogen) atoms. The van der Waals surface area contributed by atoms with Crippen LogP contribution in [0.5, 0.6) is 0 Å². The molecule has 2 atom stereocenters. The fourth-order valence-corrected chi connectivity index (χ4v) is 4.57. The monoisotopic (exact) mass is 299 g/mol. The quantitative estimate of drug-likeness (QED) is 0.805. The van der Waals surface area contributed by atoms with E-state index in [4.69, 9.17) is 0 Å². The molecule has 0 aliphatic heterocycles. The molecule has 0 aromatic carbocycles. The summed E-state index contributed by atoms with van der Waals surface area (Å²) in [6.07, 6.45) is 7.40. The fraction of sp³-hybridized carbons (Fsp3) is 0.733. The third kappa shape index (κ3) is 4.48. The van der Waals surface area contributed by atoms with Crippen LogP contribution in [0.1, 0.15) is 43.5 Å². The number of thioether (sulfide) groups is 1. The molecule has 1 heterocycles. The van der Waals surface area contributed by atoms with Crippen molar-refractivity contribution < 1.29 is 5.11 Å². The molecule has 4 heteroatoms. The molecule has 0 bridgehead atoms. The Bertz CT molecular complexity index is 358. The minimum atomic E-state index is -0.618. The van der Waals surface area contributed by atoms with Crippen molar-refractivity contribution in [1.29, 1.82) is 0 Å². The molecule has 0 radical (unpaired) electrons. The molecule has 2 rings (SSSR count). The molecular weight excluding hydrogens is 274 g/mol. The summed E-state index contributed by atoms with van der Waals surface area (Å²) < 4.78 is 0. The van der Waals surface area contributed by atoms with Crippen molar-refractivity contribution in [2.45, 2.75) is 44.2 Å². The predicted molar refractivity (Wildman–Crippen MR) is 86.0 cm³/mol. The van der Waals surface area contributed by atoms with Crippen LogP contribution in [0, 0.1) is 5.92 Å². The van der Waals surface area contributed by atoms with Gasteiger partial charge in [-0.2, -0.15) is 11.8 Å². The standard InChI is InChI=1S/C15H25NOS2/c1-15(17,11-18-2)10-16-14(12-6-3-4-7-12)13-8-5-9-19-13/h5,8-9,12,14,16-17H,3-4,6-7,10-11H2,1-2H3. The van der Waals surface area contributed by atoms with E-state index in [1.165, 1.54) is 30.6 Å². The van der Waals surface area contributed by atoms with Crippen LogP contribution in [0.2, 0.25) is 0 Å². The Kier molecular flexibility index (Phi) is 5.75. The van der Waals surface area contributed by atoms with Crippen LogP contribution in [0.15, 0.2) is 17.5 Å². The van der Waals surface area contributed by atoms with Crippen molar-refractivity contribution in [2.24, 2.45) is 5.92 Å². The molecule has 108 valence electrons. The van der Waals surface area contributed by atoms with Gasteiger partial charge in [-0.3, -0.25) is 0 Å². The van der Waals surface area contributed by atoms with Crippen molar-refractivity contribution in [3.63, 3.8) is 0 Å². The van der Waals surface area contributed by atoms with Gasteiger partial charge in [0.1, 0.15) is 0 Å². The zero-order valence-corrected chi connectivity index (χ0v) is 13.5. The third-order valence-corrected chi connectivity index (χ3v) is 5.75. The van der Waals surface area contributed by atoms with Crippen molar-refractivity contribution in [3.8, 4) is 0 Å². The SMILES string of the molecule is CSCC(C)(O)CNC(c1cccs1)C1CCCC1. The lowest BCUT2D eigenvalue weighted by Crippen LogP contribution is -2.42. The zero-order valence-electron chi connectivity index (χ0n) is 11.9. The summed E-state index contributed by atoms with van der Waals surface area (Å²) in [5, 5.41) is 16.1. The highest BCUT2D eigenvalue weighted by Gasteiger charge is 2.29. The van der Waals surface area contributed by atoms with E-state index >= 15 is 0 Å². The molecule has 1 saturated carbocycles. The third-order valence-electron chi connectivity index (χ3n) is 3.88. The van der Waals surface area contributed by atoms with Crippen LogP contribution in [-0.2, 0) is 0 Å². The normalized spacial score (nSPS) is 21.4. The number of thiophene rings is 1. The Hall–Kier alpha value is -0.0300. The predicted octanol–water partition coefficient (Wildman–Crippen LogP) is 3.68. The van der Waals surface area contributed by atoms with Crippen LogP contribution in [-0.4, -0.2) is 29.3 Å². The van der Waals surface area contributed by atoms with Gasteiger partial charge in [0.2, 0.25) is 0 Å². The smallest absolute Gasteiger partial charge is 0.0833 e. The Morgan fingerprint density at radius 2 is 2.26 bits per heavy atom. The van der Waals surface area contributed by atoms with Crippen LogP contribution in [0.3, 0.4) is 0 Å². The van der Waals surface area contributed by atoms with Crippen molar-refractivity contribution in [1.82, 2.24) is 5.32 Å². The van der Waals surface area contributed by atoms with Crippen LogP contribution in [0.25, 0.3) is 0 Å². The molecule has 1 aromatic rings. The summed E-state index contributed by atoms with van der Waals surface area (Å²) in [5.41, 5.74) is -0.618. The molecule has 2 unspecified atom stereocenters. The average molecular weight is 300 g/mol. The van der Waals surface area contributed by atoms with Gasteiger partial charge in [-0.05, 0) is 43.4 Å². The van der Waals surface area contributed by atoms with Gasteiger partial charge in [0.25, 0.3) is 0 Å². The van der Waals surface area contributed by atoms with Gasteiger partial charge in [-0.1, -0.05) is 18.9 Å². The maximum absolute atomic E-state index is 10.3. The summed E-state index contributed by atoms with van der Waals surface area (Å²) in [7, 11) is 0. The van der Waals surface area contributed by atoms with E-state index in [9.17, 15) is 5.11 Å². The summed E-state index contributed by atoms with van der Waals surface area (Å²) in [6.45, 7) is 2.60. The maximum atomic E-state index is 10.3. The fourth-order valence-electron chi connectivity index (χ4n) is 2.95. The molecule has 1 aliphatic carbocycles. The molecule has 0 spiro atoms. The van der Waals surface area contributed by atoms with Gasteiger partial charge in [0, 0.05) is 23.2 Å². The van der Waals surface area contributed by atoms with E-state index in [0.29, 0.717) is 12.6 Å². The van der Waals surface area contributed by atoms with Gasteiger partial charge < -0.3 is 10.4 Å². The van der Waals surface area contributed by atoms with E-state index in [-0.39, 0.29) is 0 Å². The lowest BCUT2D eigenvalue weighted by atomic mass is 9.96. The van der Waals surface area contributed by atoms with E-state index in [1.807, 2.05) is 24.5 Å². The molecular formula is C15H25NOS2. The highest BCUT2D eigenvalue weighted by molar-refractivity contribution is 7.98. The van der Waals surface area contributed by atoms with E-state index in [1.54, 1.807) is 11.8 Å². The molecule has 0 saturated heterocycles. The second-order valence-corrected chi connectivity index (χ2v) is 7.69. The molecule has 1 aliphatic rings. The molecule has 1 fully saturated rings. The molecule has 1 aromatic heterocycles. The summed E-state index contributed by atoms with van der Waals surface area (Å²) >= 11 is 3.54. The Labute approximate surface area is 125 Å². The average Bonchev–Trinajstić information content (AvgIpc) is 3.01. The van der Waals surface area contributed by atoms with Gasteiger partial charge in [-0.25, -0.2) is 0 Å². The van der Waals surface area contributed by atoms with Crippen LogP contribution in [0.4, 0.5) is 0 Å². The van der Waals surface area contributed by atoms with Gasteiger partial charge in [0.05, 0.1) is 5.60 Å². The van der Waals surface area contributed by atoms with Gasteiger partial charge in [0.15, 0.2) is 0 Å². The number of hydrogen-bond acceptors (Lipinski definition) is 4. The van der Waals surface area contributed by atoms with E-state index in [0.717, 1.165) is 11.7 Å². The van der Waals surface area contributed by atoms with E-state index < -0.39 is 5.60 Å². The first-order valence-electron chi connectivity index (χ1n) is 7.10. The largest absolute Gasteiger partial charge is 0.388 e. The van der Waals surface area contributed by atoms with Crippen LogP contribution < -0.4 is 5.32 Å². The number of nitrogens with one attached hydrogen (secondary N) is 1. The van der Waals surface area contributed by atoms with Crippen LogP contribution >= 0.6 is 23.1 Å². The highest BCUT2D eigenvalue weighted by atomic mass is 32.2. The Balaban J connectivity index is 1.98. The first-order valence-corrected chi connectivity index (χ1v) is 9.38. The zero-order chi connectivity index (χ0) is 13.7. The lowest BCUT2D eigenvalue weighted by Gasteiger charge is -2.29. The highest BCUT2D eigenvalue weighted by Crippen LogP contribution is 2.37. The first-order chi connectivity index (χ1) is 9.12. The number of rotatable bonds is 7. The lowest BCUT2D eigenvalue weighted by molar-refractivity contribution is 0.0786. The van der Waals surface area contributed by atoms with Crippen molar-refractivity contribution >= 4 is 23.1 Å². The van der Waals surface area contributed by atoms with Crippen molar-refractivity contribution in [3.05, 3.63) is 22.4 Å². The minimum absolute atomic E-state index is 0.427.